The minimum atomic E-state index is -4.07. The van der Waals surface area contributed by atoms with Crippen LogP contribution >= 0.6 is 7.82 Å². The van der Waals surface area contributed by atoms with Gasteiger partial charge in [-0.1, -0.05) is 30.3 Å². The lowest BCUT2D eigenvalue weighted by molar-refractivity contribution is -0.120. The summed E-state index contributed by atoms with van der Waals surface area (Å²) in [6, 6.07) is 15.5. The number of hydrogen-bond acceptors (Lipinski definition) is 6. The highest BCUT2D eigenvalue weighted by atomic mass is 31.2. The topological polar surface area (TPSA) is 107 Å². The van der Waals surface area contributed by atoms with Gasteiger partial charge in [0.05, 0.1) is 31.8 Å². The van der Waals surface area contributed by atoms with Gasteiger partial charge in [-0.3, -0.25) is 18.8 Å². The molecule has 1 atom stereocenters. The van der Waals surface area contributed by atoms with Crippen molar-refractivity contribution in [3.8, 4) is 16.9 Å². The molecule has 3 rings (SSSR count). The molecule has 0 spiro atoms. The molecule has 33 heavy (non-hydrogen) atoms. The number of carbonyl (C=O) groups excluding carboxylic acids is 1. The minimum Gasteiger partial charge on any atom is -0.497 e. The predicted molar refractivity (Wildman–Crippen MR) is 127 cm³/mol. The second-order valence-electron chi connectivity index (χ2n) is 7.74. The molecule has 9 heteroatoms. The number of rotatable bonds is 11. The summed E-state index contributed by atoms with van der Waals surface area (Å²) in [5.41, 5.74) is 3.53. The first-order chi connectivity index (χ1) is 15.8. The summed E-state index contributed by atoms with van der Waals surface area (Å²) >= 11 is 0. The van der Waals surface area contributed by atoms with Gasteiger partial charge in [-0.05, 0) is 55.2 Å². The maximum absolute atomic E-state index is 12.6. The van der Waals surface area contributed by atoms with Crippen LogP contribution in [-0.2, 0) is 24.8 Å². The third-order valence-corrected chi connectivity index (χ3v) is 6.01. The summed E-state index contributed by atoms with van der Waals surface area (Å²) in [6.07, 6.45) is 1.82. The third kappa shape index (κ3) is 7.11. The first-order valence-electron chi connectivity index (χ1n) is 10.7. The Kier molecular flexibility index (Phi) is 8.58. The number of pyridine rings is 1. The lowest BCUT2D eigenvalue weighted by Gasteiger charge is -2.15. The van der Waals surface area contributed by atoms with Crippen molar-refractivity contribution in [1.82, 2.24) is 10.3 Å². The van der Waals surface area contributed by atoms with E-state index in [0.29, 0.717) is 18.7 Å². The van der Waals surface area contributed by atoms with E-state index >= 15 is 0 Å². The molecule has 1 heterocycles. The van der Waals surface area contributed by atoms with E-state index in [1.807, 2.05) is 48.5 Å². The number of aromatic nitrogens is 1. The number of methoxy groups -OCH3 is 1. The van der Waals surface area contributed by atoms with Crippen LogP contribution in [0.2, 0.25) is 0 Å². The largest absolute Gasteiger partial charge is 0.497 e. The van der Waals surface area contributed by atoms with Crippen LogP contribution in [-0.4, -0.2) is 42.1 Å². The van der Waals surface area contributed by atoms with Crippen molar-refractivity contribution in [3.63, 3.8) is 0 Å². The van der Waals surface area contributed by atoms with Gasteiger partial charge in [-0.2, -0.15) is 0 Å². The number of carbonyl (C=O) groups is 1. The molecule has 1 unspecified atom stereocenters. The van der Waals surface area contributed by atoms with E-state index in [1.54, 1.807) is 27.2 Å². The predicted octanol–water partition coefficient (Wildman–Crippen LogP) is 4.50. The Morgan fingerprint density at radius 1 is 1.18 bits per heavy atom. The van der Waals surface area contributed by atoms with Gasteiger partial charge in [0.15, 0.2) is 0 Å². The van der Waals surface area contributed by atoms with E-state index in [-0.39, 0.29) is 18.9 Å². The van der Waals surface area contributed by atoms with Crippen LogP contribution in [0.4, 0.5) is 0 Å². The highest BCUT2D eigenvalue weighted by Gasteiger charge is 2.22. The molecule has 0 radical (unpaired) electrons. The van der Waals surface area contributed by atoms with E-state index in [2.05, 4.69) is 10.3 Å². The van der Waals surface area contributed by atoms with Gasteiger partial charge >= 0.3 is 7.82 Å². The number of phosphoric acid groups is 1. The Morgan fingerprint density at radius 2 is 1.94 bits per heavy atom. The molecule has 0 saturated carbocycles. The maximum Gasteiger partial charge on any atom is 0.472 e. The molecular formula is C24H29N2O6P. The zero-order valence-electron chi connectivity index (χ0n) is 19.0. The highest BCUT2D eigenvalue weighted by Crippen LogP contribution is 2.44. The molecule has 0 aliphatic rings. The van der Waals surface area contributed by atoms with Crippen LogP contribution in [0.1, 0.15) is 25.8 Å². The zero-order valence-corrected chi connectivity index (χ0v) is 19.9. The van der Waals surface area contributed by atoms with E-state index in [0.717, 1.165) is 27.6 Å². The number of amides is 1. The van der Waals surface area contributed by atoms with Crippen molar-refractivity contribution in [2.24, 2.45) is 0 Å². The van der Waals surface area contributed by atoms with Gasteiger partial charge in [-0.15, -0.1) is 0 Å². The van der Waals surface area contributed by atoms with Gasteiger partial charge in [-0.25, -0.2) is 4.57 Å². The van der Waals surface area contributed by atoms with Gasteiger partial charge in [0.2, 0.25) is 5.91 Å². The fourth-order valence-electron chi connectivity index (χ4n) is 3.43. The second-order valence-corrected chi connectivity index (χ2v) is 9.15. The SMILES string of the molecule is COc1ccc2ncc(CC(=O)NCCCOP(=O)(O)OC(C)C)c(-c3ccccc3)c2c1. The summed E-state index contributed by atoms with van der Waals surface area (Å²) in [5.74, 6) is 0.535. The lowest BCUT2D eigenvalue weighted by atomic mass is 9.94. The molecule has 0 bridgehead atoms. The van der Waals surface area contributed by atoms with Crippen LogP contribution in [0.15, 0.2) is 54.7 Å². The van der Waals surface area contributed by atoms with Gasteiger partial charge in [0.1, 0.15) is 5.75 Å². The monoisotopic (exact) mass is 472 g/mol. The molecule has 1 amide bonds. The molecule has 2 N–H and O–H groups in total. The maximum atomic E-state index is 12.6. The molecule has 176 valence electrons. The number of ether oxygens (including phenoxy) is 1. The first kappa shape index (κ1) is 24.9. The minimum absolute atomic E-state index is 0.00658. The van der Waals surface area contributed by atoms with Crippen molar-refractivity contribution in [1.29, 1.82) is 0 Å². The Bertz CT molecular complexity index is 1140. The normalized spacial score (nSPS) is 13.1. The van der Waals surface area contributed by atoms with Crippen molar-refractivity contribution in [3.05, 3.63) is 60.3 Å². The summed E-state index contributed by atoms with van der Waals surface area (Å²) in [7, 11) is -2.46. The van der Waals surface area contributed by atoms with Crippen molar-refractivity contribution in [2.45, 2.75) is 32.8 Å². The van der Waals surface area contributed by atoms with Crippen LogP contribution in [0, 0.1) is 0 Å². The molecular weight excluding hydrogens is 443 g/mol. The summed E-state index contributed by atoms with van der Waals surface area (Å²) in [4.78, 5) is 26.7. The molecule has 0 aliphatic heterocycles. The zero-order chi connectivity index (χ0) is 23.8. The van der Waals surface area contributed by atoms with Crippen LogP contribution in [0.25, 0.3) is 22.0 Å². The Balaban J connectivity index is 1.70. The second kappa shape index (κ2) is 11.4. The van der Waals surface area contributed by atoms with Gasteiger partial charge in [0.25, 0.3) is 0 Å². The molecule has 0 saturated heterocycles. The van der Waals surface area contributed by atoms with E-state index in [1.165, 1.54) is 0 Å². The molecule has 0 fully saturated rings. The van der Waals surface area contributed by atoms with Crippen LogP contribution < -0.4 is 10.1 Å². The number of benzene rings is 2. The number of hydrogen-bond donors (Lipinski definition) is 2. The molecule has 1 aromatic heterocycles. The average Bonchev–Trinajstić information content (AvgIpc) is 2.78. The number of nitrogens with zero attached hydrogens (tertiary/aromatic N) is 1. The Labute approximate surface area is 193 Å². The molecule has 2 aromatic carbocycles. The Hall–Kier alpha value is -2.77. The summed E-state index contributed by atoms with van der Waals surface area (Å²) in [5, 5.41) is 3.73. The highest BCUT2D eigenvalue weighted by molar-refractivity contribution is 7.47. The van der Waals surface area contributed by atoms with Crippen LogP contribution in [0.3, 0.4) is 0 Å². The number of fused-ring (bicyclic) bond motifs is 1. The number of nitrogens with one attached hydrogen (secondary N) is 1. The average molecular weight is 472 g/mol. The molecule has 0 aliphatic carbocycles. The fraction of sp³-hybridized carbons (Fsp3) is 0.333. The molecule has 3 aromatic rings. The molecule has 8 nitrogen and oxygen atoms in total. The van der Waals surface area contributed by atoms with Crippen LogP contribution in [0.5, 0.6) is 5.75 Å². The van der Waals surface area contributed by atoms with Crippen molar-refractivity contribution < 1.29 is 28.0 Å². The summed E-state index contributed by atoms with van der Waals surface area (Å²) < 4.78 is 26.8. The van der Waals surface area contributed by atoms with E-state index in [4.69, 9.17) is 13.8 Å². The smallest absolute Gasteiger partial charge is 0.472 e. The van der Waals surface area contributed by atoms with Gasteiger partial charge in [0, 0.05) is 18.1 Å². The summed E-state index contributed by atoms with van der Waals surface area (Å²) in [6.45, 7) is 3.59. The lowest BCUT2D eigenvalue weighted by Crippen LogP contribution is -2.27. The quantitative estimate of drug-likeness (QED) is 0.313. The van der Waals surface area contributed by atoms with E-state index in [9.17, 15) is 14.3 Å². The number of phosphoric ester groups is 1. The van der Waals surface area contributed by atoms with E-state index < -0.39 is 13.9 Å². The Morgan fingerprint density at radius 3 is 2.64 bits per heavy atom. The standard InChI is InChI=1S/C24H29N2O6P/c1-17(2)32-33(28,29)31-13-7-12-25-23(27)14-19-16-26-22-11-10-20(30-3)15-21(22)24(19)18-8-5-4-6-9-18/h4-6,8-11,15-17H,7,12-14H2,1-3H3,(H,25,27)(H,28,29). The fourth-order valence-corrected chi connectivity index (χ4v) is 4.39. The van der Waals surface area contributed by atoms with Crippen molar-refractivity contribution >= 4 is 24.6 Å². The van der Waals surface area contributed by atoms with Gasteiger partial charge < -0.3 is 14.9 Å². The third-order valence-electron chi connectivity index (χ3n) is 4.81. The van der Waals surface area contributed by atoms with Crippen molar-refractivity contribution in [2.75, 3.05) is 20.3 Å². The first-order valence-corrected chi connectivity index (χ1v) is 12.2.